The van der Waals surface area contributed by atoms with Crippen molar-refractivity contribution in [3.05, 3.63) is 65.2 Å². The van der Waals surface area contributed by atoms with Gasteiger partial charge in [-0.1, -0.05) is 19.1 Å². The molecule has 0 saturated carbocycles. The number of carboxylic acid groups (broad SMARTS) is 1. The number of anilines is 1. The highest BCUT2D eigenvalue weighted by atomic mass is 19.1. The minimum atomic E-state index is -1.23. The van der Waals surface area contributed by atoms with Gasteiger partial charge in [0.1, 0.15) is 11.6 Å². The van der Waals surface area contributed by atoms with Crippen molar-refractivity contribution in [2.75, 3.05) is 37.6 Å². The number of carbonyl (C=O) groups excluding carboxylic acids is 1. The van der Waals surface area contributed by atoms with Gasteiger partial charge in [-0.3, -0.25) is 4.90 Å². The molecular weight excluding hydrogens is 380 g/mol. The normalized spacial score (nSPS) is 14.7. The van der Waals surface area contributed by atoms with E-state index in [1.54, 1.807) is 11.0 Å². The van der Waals surface area contributed by atoms with Gasteiger partial charge < -0.3 is 14.9 Å². The molecule has 0 atom stereocenters. The minimum Gasteiger partial charge on any atom is -0.478 e. The first-order valence-corrected chi connectivity index (χ1v) is 9.45. The summed E-state index contributed by atoms with van der Waals surface area (Å²) in [6, 6.07) is 8.79. The number of likely N-dealkylation sites (N-methyl/N-ethyl adjacent to an activating group) is 1. The summed E-state index contributed by atoms with van der Waals surface area (Å²) in [5, 5.41) is 9.01. The molecule has 1 fully saturated rings. The first-order chi connectivity index (χ1) is 13.9. The zero-order valence-electron chi connectivity index (χ0n) is 16.1. The number of carbonyl (C=O) groups is 2. The van der Waals surface area contributed by atoms with Gasteiger partial charge in [-0.2, -0.15) is 0 Å². The lowest BCUT2D eigenvalue weighted by Gasteiger charge is -2.37. The predicted molar refractivity (Wildman–Crippen MR) is 105 cm³/mol. The summed E-state index contributed by atoms with van der Waals surface area (Å²) < 4.78 is 28.3. The fourth-order valence-electron chi connectivity index (χ4n) is 3.32. The largest absolute Gasteiger partial charge is 0.478 e. The number of nitrogens with zero attached hydrogens (tertiary/aromatic N) is 3. The molecule has 1 heterocycles. The first-order valence-electron chi connectivity index (χ1n) is 9.45. The lowest BCUT2D eigenvalue weighted by molar-refractivity contribution is 0.0696. The maximum Gasteiger partial charge on any atom is 0.335 e. The smallest absolute Gasteiger partial charge is 0.335 e. The summed E-state index contributed by atoms with van der Waals surface area (Å²) >= 11 is 0. The molecule has 1 aliphatic heterocycles. The molecule has 0 aromatic heterocycles. The number of urea groups is 1. The highest BCUT2D eigenvalue weighted by molar-refractivity contribution is 5.92. The van der Waals surface area contributed by atoms with Crippen LogP contribution < -0.4 is 4.90 Å². The average Bonchev–Trinajstić information content (AvgIpc) is 2.72. The van der Waals surface area contributed by atoms with E-state index < -0.39 is 17.6 Å². The molecule has 154 valence electrons. The molecule has 2 aromatic carbocycles. The van der Waals surface area contributed by atoms with Crippen molar-refractivity contribution >= 4 is 17.7 Å². The third-order valence-corrected chi connectivity index (χ3v) is 5.07. The maximum atomic E-state index is 14.5. The van der Waals surface area contributed by atoms with Gasteiger partial charge in [-0.15, -0.1) is 0 Å². The second-order valence-corrected chi connectivity index (χ2v) is 6.88. The van der Waals surface area contributed by atoms with Crippen molar-refractivity contribution in [2.24, 2.45) is 0 Å². The van der Waals surface area contributed by atoms with Gasteiger partial charge in [0.25, 0.3) is 0 Å². The highest BCUT2D eigenvalue weighted by Crippen LogP contribution is 2.23. The van der Waals surface area contributed by atoms with Crippen LogP contribution in [0.15, 0.2) is 42.5 Å². The topological polar surface area (TPSA) is 64.1 Å². The van der Waals surface area contributed by atoms with Crippen LogP contribution >= 0.6 is 0 Å². The number of piperazine rings is 1. The van der Waals surface area contributed by atoms with Crippen LogP contribution in [-0.4, -0.2) is 59.6 Å². The zero-order chi connectivity index (χ0) is 21.0. The number of rotatable bonds is 5. The van der Waals surface area contributed by atoms with Gasteiger partial charge in [0, 0.05) is 37.4 Å². The maximum absolute atomic E-state index is 14.5. The number of hydrogen-bond donors (Lipinski definition) is 1. The van der Waals surface area contributed by atoms with Gasteiger partial charge >= 0.3 is 12.0 Å². The second-order valence-electron chi connectivity index (χ2n) is 6.88. The van der Waals surface area contributed by atoms with Crippen molar-refractivity contribution < 1.29 is 23.5 Å². The Kier molecular flexibility index (Phi) is 6.43. The van der Waals surface area contributed by atoms with Crippen LogP contribution in [-0.2, 0) is 6.54 Å². The van der Waals surface area contributed by atoms with Gasteiger partial charge in [0.05, 0.1) is 12.1 Å². The highest BCUT2D eigenvalue weighted by Gasteiger charge is 2.27. The quantitative estimate of drug-likeness (QED) is 0.831. The van der Waals surface area contributed by atoms with E-state index in [0.29, 0.717) is 18.8 Å². The Morgan fingerprint density at radius 2 is 1.79 bits per heavy atom. The number of aromatic carboxylic acids is 1. The first kappa shape index (κ1) is 20.7. The molecule has 0 spiro atoms. The fraction of sp³-hybridized carbons (Fsp3) is 0.333. The van der Waals surface area contributed by atoms with Crippen LogP contribution in [0.5, 0.6) is 0 Å². The van der Waals surface area contributed by atoms with Crippen molar-refractivity contribution in [3.8, 4) is 0 Å². The molecule has 1 aliphatic rings. The molecule has 29 heavy (non-hydrogen) atoms. The standard InChI is InChI=1S/C21H23F2N3O3/c1-2-24-8-10-25(11-9-24)21(29)26(18-5-3-4-17(22)13-18)14-16-7-6-15(20(27)28)12-19(16)23/h3-7,12-13H,2,8-11,14H2,1H3,(H,27,28). The molecule has 0 aliphatic carbocycles. The lowest BCUT2D eigenvalue weighted by atomic mass is 10.1. The van der Waals surface area contributed by atoms with E-state index in [0.717, 1.165) is 25.7 Å². The second kappa shape index (κ2) is 9.00. The van der Waals surface area contributed by atoms with Crippen molar-refractivity contribution in [1.29, 1.82) is 0 Å². The molecule has 0 radical (unpaired) electrons. The molecule has 2 aromatic rings. The van der Waals surface area contributed by atoms with Gasteiger partial charge in [0.15, 0.2) is 0 Å². The van der Waals surface area contributed by atoms with E-state index in [2.05, 4.69) is 11.8 Å². The van der Waals surface area contributed by atoms with E-state index in [-0.39, 0.29) is 23.7 Å². The molecule has 8 heteroatoms. The number of hydrogen-bond acceptors (Lipinski definition) is 3. The summed E-state index contributed by atoms with van der Waals surface area (Å²) in [7, 11) is 0. The van der Waals surface area contributed by atoms with Crippen molar-refractivity contribution in [2.45, 2.75) is 13.5 Å². The van der Waals surface area contributed by atoms with E-state index >= 15 is 0 Å². The Bertz CT molecular complexity index is 898. The van der Waals surface area contributed by atoms with E-state index in [9.17, 15) is 18.4 Å². The van der Waals surface area contributed by atoms with E-state index in [4.69, 9.17) is 5.11 Å². The van der Waals surface area contributed by atoms with Crippen LogP contribution in [0.4, 0.5) is 19.3 Å². The fourth-order valence-corrected chi connectivity index (χ4v) is 3.32. The molecule has 2 amide bonds. The number of benzene rings is 2. The number of halogens is 2. The molecular formula is C21H23F2N3O3. The summed E-state index contributed by atoms with van der Waals surface area (Å²) in [6.45, 7) is 5.35. The van der Waals surface area contributed by atoms with Crippen LogP contribution in [0, 0.1) is 11.6 Å². The predicted octanol–water partition coefficient (Wildman–Crippen LogP) is 3.43. The van der Waals surface area contributed by atoms with Crippen LogP contribution in [0.1, 0.15) is 22.8 Å². The summed E-state index contributed by atoms with van der Waals surface area (Å²) in [6.07, 6.45) is 0. The third-order valence-electron chi connectivity index (χ3n) is 5.07. The van der Waals surface area contributed by atoms with Crippen LogP contribution in [0.25, 0.3) is 0 Å². The van der Waals surface area contributed by atoms with Crippen molar-refractivity contribution in [3.63, 3.8) is 0 Å². The van der Waals surface area contributed by atoms with Crippen LogP contribution in [0.3, 0.4) is 0 Å². The molecule has 0 bridgehead atoms. The Morgan fingerprint density at radius 1 is 1.07 bits per heavy atom. The Balaban J connectivity index is 1.88. The average molecular weight is 403 g/mol. The molecule has 6 nitrogen and oxygen atoms in total. The third kappa shape index (κ3) is 4.89. The van der Waals surface area contributed by atoms with E-state index in [1.165, 1.54) is 35.2 Å². The Hall–Kier alpha value is -3.00. The minimum absolute atomic E-state index is 0.137. The summed E-state index contributed by atoms with van der Waals surface area (Å²) in [4.78, 5) is 29.4. The summed E-state index contributed by atoms with van der Waals surface area (Å²) in [5.41, 5.74) is 0.292. The molecule has 1 N–H and O–H groups in total. The number of amides is 2. The number of carboxylic acids is 1. The molecule has 3 rings (SSSR count). The van der Waals surface area contributed by atoms with Gasteiger partial charge in [-0.25, -0.2) is 18.4 Å². The van der Waals surface area contributed by atoms with E-state index in [1.807, 2.05) is 0 Å². The molecule has 1 saturated heterocycles. The monoisotopic (exact) mass is 403 g/mol. The summed E-state index contributed by atoms with van der Waals surface area (Å²) in [5.74, 6) is -2.46. The lowest BCUT2D eigenvalue weighted by Crippen LogP contribution is -2.52. The zero-order valence-corrected chi connectivity index (χ0v) is 16.1. The Labute approximate surface area is 167 Å². The molecule has 0 unspecified atom stereocenters. The van der Waals surface area contributed by atoms with Gasteiger partial charge in [0.2, 0.25) is 0 Å². The SMILES string of the molecule is CCN1CCN(C(=O)N(Cc2ccc(C(=O)O)cc2F)c2cccc(F)c2)CC1. The van der Waals surface area contributed by atoms with Gasteiger partial charge in [-0.05, 0) is 36.9 Å². The van der Waals surface area contributed by atoms with Crippen LogP contribution in [0.2, 0.25) is 0 Å². The van der Waals surface area contributed by atoms with Crippen molar-refractivity contribution in [1.82, 2.24) is 9.80 Å². The Morgan fingerprint density at radius 3 is 2.38 bits per heavy atom.